The first-order chi connectivity index (χ1) is 8.74. The Morgan fingerprint density at radius 3 is 2.83 bits per heavy atom. The van der Waals surface area contributed by atoms with E-state index in [2.05, 4.69) is 20.9 Å². The van der Waals surface area contributed by atoms with Crippen molar-refractivity contribution >= 4 is 32.9 Å². The quantitative estimate of drug-likeness (QED) is 0.803. The lowest BCUT2D eigenvalue weighted by atomic mass is 10.2. The minimum Gasteiger partial charge on any atom is -0.425 e. The fourth-order valence-corrected chi connectivity index (χ4v) is 2.28. The van der Waals surface area contributed by atoms with Crippen LogP contribution >= 0.6 is 15.9 Å². The third kappa shape index (κ3) is 2.13. The Labute approximate surface area is 111 Å². The van der Waals surface area contributed by atoms with Crippen molar-refractivity contribution in [3.8, 4) is 0 Å². The van der Waals surface area contributed by atoms with Crippen LogP contribution in [0.15, 0.2) is 31.9 Å². The van der Waals surface area contributed by atoms with Crippen LogP contribution in [-0.2, 0) is 4.74 Å². The normalized spacial score (nSPS) is 16.2. The summed E-state index contributed by atoms with van der Waals surface area (Å²) in [5.41, 5.74) is 0.290. The largest absolute Gasteiger partial charge is 0.425 e. The van der Waals surface area contributed by atoms with Gasteiger partial charge in [-0.2, -0.15) is 4.98 Å². The van der Waals surface area contributed by atoms with Crippen LogP contribution in [0.3, 0.4) is 0 Å². The topological polar surface area (TPSA) is 55.6 Å². The Kier molecular flexibility index (Phi) is 3.05. The maximum Gasteiger partial charge on any atom is 0.301 e. The van der Waals surface area contributed by atoms with Gasteiger partial charge in [0.15, 0.2) is 0 Å². The number of hydrogen-bond donors (Lipinski definition) is 0. The first-order valence-corrected chi connectivity index (χ1v) is 6.46. The average molecular weight is 311 g/mol. The lowest BCUT2D eigenvalue weighted by Gasteiger charge is -2.25. The van der Waals surface area contributed by atoms with Crippen molar-refractivity contribution in [2.45, 2.75) is 0 Å². The van der Waals surface area contributed by atoms with E-state index in [0.29, 0.717) is 43.3 Å². The summed E-state index contributed by atoms with van der Waals surface area (Å²) in [7, 11) is 0. The van der Waals surface area contributed by atoms with Gasteiger partial charge in [0.25, 0.3) is 5.56 Å². The molecule has 1 saturated heterocycles. The molecule has 1 aromatic carbocycles. The van der Waals surface area contributed by atoms with E-state index in [1.54, 1.807) is 12.1 Å². The molecular weight excluding hydrogens is 300 g/mol. The van der Waals surface area contributed by atoms with E-state index in [1.807, 2.05) is 11.0 Å². The van der Waals surface area contributed by atoms with Crippen molar-refractivity contribution in [2.75, 3.05) is 31.2 Å². The van der Waals surface area contributed by atoms with E-state index < -0.39 is 0 Å². The van der Waals surface area contributed by atoms with E-state index in [9.17, 15) is 4.79 Å². The zero-order chi connectivity index (χ0) is 12.5. The molecule has 2 aromatic rings. The highest BCUT2D eigenvalue weighted by Crippen LogP contribution is 2.20. The summed E-state index contributed by atoms with van der Waals surface area (Å²) in [5, 5.41) is 0.487. The first kappa shape index (κ1) is 11.7. The average Bonchev–Trinajstić information content (AvgIpc) is 2.40. The summed E-state index contributed by atoms with van der Waals surface area (Å²) in [4.78, 5) is 17.9. The van der Waals surface area contributed by atoms with Gasteiger partial charge in [0.1, 0.15) is 5.58 Å². The van der Waals surface area contributed by atoms with Gasteiger partial charge in [0, 0.05) is 17.6 Å². The second kappa shape index (κ2) is 4.70. The maximum atomic E-state index is 11.9. The molecule has 1 aromatic heterocycles. The number of fused-ring (bicyclic) bond motifs is 1. The lowest BCUT2D eigenvalue weighted by Crippen LogP contribution is -2.37. The highest BCUT2D eigenvalue weighted by Gasteiger charge is 2.16. The van der Waals surface area contributed by atoms with E-state index in [-0.39, 0.29) is 5.56 Å². The van der Waals surface area contributed by atoms with Gasteiger partial charge in [-0.1, -0.05) is 15.9 Å². The zero-order valence-corrected chi connectivity index (χ0v) is 11.1. The standard InChI is InChI=1S/C12H11BrN2O3/c13-8-1-2-10-9(7-8)11(16)14-12(18-10)15-3-5-17-6-4-15/h1-2,7H,3-6H2. The molecule has 6 heteroatoms. The summed E-state index contributed by atoms with van der Waals surface area (Å²) in [6, 6.07) is 5.70. The molecule has 0 aliphatic carbocycles. The number of benzene rings is 1. The maximum absolute atomic E-state index is 11.9. The fourth-order valence-electron chi connectivity index (χ4n) is 1.92. The second-order valence-corrected chi connectivity index (χ2v) is 4.96. The molecule has 0 N–H and O–H groups in total. The molecule has 5 nitrogen and oxygen atoms in total. The first-order valence-electron chi connectivity index (χ1n) is 5.67. The van der Waals surface area contributed by atoms with Gasteiger partial charge < -0.3 is 14.1 Å². The van der Waals surface area contributed by atoms with Crippen molar-refractivity contribution in [1.29, 1.82) is 0 Å². The molecule has 2 heterocycles. The number of aromatic nitrogens is 1. The number of ether oxygens (including phenoxy) is 1. The van der Waals surface area contributed by atoms with Crippen molar-refractivity contribution in [1.82, 2.24) is 4.98 Å². The van der Waals surface area contributed by atoms with Crippen LogP contribution in [-0.4, -0.2) is 31.3 Å². The van der Waals surface area contributed by atoms with Gasteiger partial charge in [0.2, 0.25) is 0 Å². The molecule has 1 aliphatic rings. The molecule has 1 fully saturated rings. The van der Waals surface area contributed by atoms with Gasteiger partial charge in [-0.15, -0.1) is 0 Å². The van der Waals surface area contributed by atoms with Crippen LogP contribution in [0.4, 0.5) is 6.01 Å². The Morgan fingerprint density at radius 1 is 1.28 bits per heavy atom. The summed E-state index contributed by atoms with van der Waals surface area (Å²) in [5.74, 6) is 0. The Hall–Kier alpha value is -1.40. The third-order valence-corrected chi connectivity index (χ3v) is 3.35. The van der Waals surface area contributed by atoms with Gasteiger partial charge >= 0.3 is 6.01 Å². The molecule has 3 rings (SSSR count). The summed E-state index contributed by atoms with van der Waals surface area (Å²) >= 11 is 3.33. The number of rotatable bonds is 1. The van der Waals surface area contributed by atoms with Crippen molar-refractivity contribution in [3.05, 3.63) is 33.0 Å². The third-order valence-electron chi connectivity index (χ3n) is 2.85. The lowest BCUT2D eigenvalue weighted by molar-refractivity contribution is 0.120. The molecule has 0 bridgehead atoms. The van der Waals surface area contributed by atoms with Gasteiger partial charge in [-0.3, -0.25) is 4.79 Å². The molecule has 0 spiro atoms. The molecular formula is C12H11BrN2O3. The minimum absolute atomic E-state index is 0.265. The van der Waals surface area contributed by atoms with Crippen LogP contribution in [0.5, 0.6) is 0 Å². The van der Waals surface area contributed by atoms with Gasteiger partial charge in [-0.25, -0.2) is 0 Å². The van der Waals surface area contributed by atoms with Crippen LogP contribution < -0.4 is 10.5 Å². The van der Waals surface area contributed by atoms with Crippen LogP contribution in [0.2, 0.25) is 0 Å². The van der Waals surface area contributed by atoms with Gasteiger partial charge in [-0.05, 0) is 18.2 Å². The number of morpholine rings is 1. The van der Waals surface area contributed by atoms with Gasteiger partial charge in [0.05, 0.1) is 18.6 Å². The minimum atomic E-state index is -0.265. The van der Waals surface area contributed by atoms with E-state index in [4.69, 9.17) is 9.15 Å². The number of nitrogens with zero attached hydrogens (tertiary/aromatic N) is 2. The molecule has 0 radical (unpaired) electrons. The van der Waals surface area contributed by atoms with Crippen molar-refractivity contribution in [3.63, 3.8) is 0 Å². The van der Waals surface area contributed by atoms with E-state index in [0.717, 1.165) is 4.47 Å². The molecule has 1 aliphatic heterocycles. The zero-order valence-electron chi connectivity index (χ0n) is 9.56. The summed E-state index contributed by atoms with van der Waals surface area (Å²) in [6.07, 6.45) is 0. The van der Waals surface area contributed by atoms with E-state index >= 15 is 0 Å². The predicted octanol–water partition coefficient (Wildman–Crippen LogP) is 1.79. The van der Waals surface area contributed by atoms with Crippen LogP contribution in [0.25, 0.3) is 11.0 Å². The highest BCUT2D eigenvalue weighted by molar-refractivity contribution is 9.10. The highest BCUT2D eigenvalue weighted by atomic mass is 79.9. The molecule has 0 unspecified atom stereocenters. The Balaban J connectivity index is 2.09. The van der Waals surface area contributed by atoms with Crippen molar-refractivity contribution in [2.24, 2.45) is 0 Å². The molecule has 18 heavy (non-hydrogen) atoms. The number of anilines is 1. The second-order valence-electron chi connectivity index (χ2n) is 4.04. The summed E-state index contributed by atoms with van der Waals surface area (Å²) < 4.78 is 11.8. The number of hydrogen-bond acceptors (Lipinski definition) is 5. The molecule has 0 amide bonds. The van der Waals surface area contributed by atoms with E-state index in [1.165, 1.54) is 0 Å². The smallest absolute Gasteiger partial charge is 0.301 e. The molecule has 0 atom stereocenters. The number of halogens is 1. The fraction of sp³-hybridized carbons (Fsp3) is 0.333. The Morgan fingerprint density at radius 2 is 2.06 bits per heavy atom. The summed E-state index contributed by atoms with van der Waals surface area (Å²) in [6.45, 7) is 2.64. The SMILES string of the molecule is O=c1nc(N2CCOCC2)oc2ccc(Br)cc12. The monoisotopic (exact) mass is 310 g/mol. The molecule has 94 valence electrons. The Bertz CT molecular complexity index is 635. The van der Waals surface area contributed by atoms with Crippen LogP contribution in [0, 0.1) is 0 Å². The van der Waals surface area contributed by atoms with Crippen LogP contribution in [0.1, 0.15) is 0 Å². The molecule has 0 saturated carbocycles. The van der Waals surface area contributed by atoms with Crippen molar-refractivity contribution < 1.29 is 9.15 Å². The predicted molar refractivity (Wildman–Crippen MR) is 71.0 cm³/mol.